The van der Waals surface area contributed by atoms with Gasteiger partial charge in [0.25, 0.3) is 0 Å². The molecule has 1 N–H and O–H groups in total. The fourth-order valence-corrected chi connectivity index (χ4v) is 2.71. The number of hydrazone groups is 1. The Labute approximate surface area is 124 Å². The van der Waals surface area contributed by atoms with Crippen LogP contribution in [0.2, 0.25) is 0 Å². The Morgan fingerprint density at radius 3 is 2.52 bits per heavy atom. The molecule has 21 heavy (non-hydrogen) atoms. The third-order valence-electron chi connectivity index (χ3n) is 3.76. The molecule has 0 saturated carbocycles. The first-order chi connectivity index (χ1) is 10.3. The summed E-state index contributed by atoms with van der Waals surface area (Å²) in [6.45, 7) is 5.28. The Morgan fingerprint density at radius 1 is 1.05 bits per heavy atom. The van der Waals surface area contributed by atoms with E-state index < -0.39 is 0 Å². The molecule has 0 amide bonds. The van der Waals surface area contributed by atoms with Gasteiger partial charge in [0.05, 0.1) is 11.9 Å². The molecule has 0 bridgehead atoms. The first-order valence-electron chi connectivity index (χ1n) is 7.23. The predicted molar refractivity (Wildman–Crippen MR) is 90.0 cm³/mol. The minimum atomic E-state index is 0.965. The Bertz CT molecular complexity index is 770. The number of fused-ring (bicyclic) bond motifs is 1. The Morgan fingerprint density at radius 2 is 1.76 bits per heavy atom. The molecule has 0 atom stereocenters. The molecule has 3 nitrogen and oxygen atoms in total. The van der Waals surface area contributed by atoms with Crippen LogP contribution in [0.3, 0.4) is 0 Å². The lowest BCUT2D eigenvalue weighted by atomic mass is 10.1. The van der Waals surface area contributed by atoms with Gasteiger partial charge in [0, 0.05) is 28.7 Å². The molecule has 0 unspecified atom stereocenters. The molecular formula is C18H19N3. The van der Waals surface area contributed by atoms with Crippen molar-refractivity contribution in [2.45, 2.75) is 20.4 Å². The van der Waals surface area contributed by atoms with Gasteiger partial charge in [-0.05, 0) is 32.0 Å². The van der Waals surface area contributed by atoms with Crippen molar-refractivity contribution in [1.29, 1.82) is 0 Å². The van der Waals surface area contributed by atoms with Crippen LogP contribution >= 0.6 is 0 Å². The Kier molecular flexibility index (Phi) is 3.73. The molecule has 0 radical (unpaired) electrons. The first-order valence-corrected chi connectivity index (χ1v) is 7.23. The zero-order valence-corrected chi connectivity index (χ0v) is 12.4. The monoisotopic (exact) mass is 277 g/mol. The summed E-state index contributed by atoms with van der Waals surface area (Å²) in [5, 5.41) is 5.63. The maximum Gasteiger partial charge on any atom is 0.0569 e. The van der Waals surface area contributed by atoms with Gasteiger partial charge in [-0.15, -0.1) is 0 Å². The van der Waals surface area contributed by atoms with Gasteiger partial charge in [-0.2, -0.15) is 5.10 Å². The highest BCUT2D eigenvalue weighted by molar-refractivity contribution is 6.01. The highest BCUT2D eigenvalue weighted by Gasteiger charge is 2.10. The molecule has 3 rings (SSSR count). The van der Waals surface area contributed by atoms with Crippen molar-refractivity contribution < 1.29 is 0 Å². The third-order valence-corrected chi connectivity index (χ3v) is 3.76. The summed E-state index contributed by atoms with van der Waals surface area (Å²) in [5.41, 5.74) is 7.75. The zero-order chi connectivity index (χ0) is 14.7. The van der Waals surface area contributed by atoms with Crippen LogP contribution in [-0.4, -0.2) is 10.8 Å². The molecule has 2 aromatic carbocycles. The van der Waals surface area contributed by atoms with Gasteiger partial charge in [-0.1, -0.05) is 36.4 Å². The molecule has 0 spiro atoms. The van der Waals surface area contributed by atoms with Crippen LogP contribution in [0, 0.1) is 6.92 Å². The van der Waals surface area contributed by atoms with Gasteiger partial charge < -0.3 is 4.57 Å². The number of rotatable bonds is 4. The number of nitrogens with one attached hydrogen (secondary N) is 1. The van der Waals surface area contributed by atoms with E-state index in [2.05, 4.69) is 53.2 Å². The van der Waals surface area contributed by atoms with Crippen LogP contribution in [0.1, 0.15) is 18.2 Å². The SMILES string of the molecule is CCn1c(C)c(/C=N/Nc2ccccc2)c2ccccc21. The standard InChI is InChI=1S/C18H19N3/c1-3-21-14(2)17(16-11-7-8-12-18(16)21)13-19-20-15-9-5-4-6-10-15/h4-13,20H,3H2,1-2H3/b19-13+. The summed E-state index contributed by atoms with van der Waals surface area (Å²) >= 11 is 0. The van der Waals surface area contributed by atoms with E-state index in [-0.39, 0.29) is 0 Å². The van der Waals surface area contributed by atoms with E-state index in [1.165, 1.54) is 22.2 Å². The number of nitrogens with zero attached hydrogens (tertiary/aromatic N) is 2. The number of hydrogen-bond donors (Lipinski definition) is 1. The first kappa shape index (κ1) is 13.4. The minimum absolute atomic E-state index is 0.965. The highest BCUT2D eigenvalue weighted by atomic mass is 15.3. The van der Waals surface area contributed by atoms with E-state index in [0.29, 0.717) is 0 Å². The number of hydrogen-bond acceptors (Lipinski definition) is 2. The molecule has 3 aromatic rings. The number of anilines is 1. The maximum absolute atomic E-state index is 4.38. The van der Waals surface area contributed by atoms with Crippen LogP contribution in [0.5, 0.6) is 0 Å². The molecule has 3 heteroatoms. The number of aryl methyl sites for hydroxylation is 1. The van der Waals surface area contributed by atoms with Crippen LogP contribution in [-0.2, 0) is 6.54 Å². The Hall–Kier alpha value is -2.55. The molecule has 0 aliphatic heterocycles. The average molecular weight is 277 g/mol. The van der Waals surface area contributed by atoms with E-state index in [0.717, 1.165) is 12.2 Å². The fraction of sp³-hybridized carbons (Fsp3) is 0.167. The summed E-state index contributed by atoms with van der Waals surface area (Å²) in [6, 6.07) is 18.4. The lowest BCUT2D eigenvalue weighted by Gasteiger charge is -2.03. The normalized spacial score (nSPS) is 11.3. The molecule has 106 valence electrons. The van der Waals surface area contributed by atoms with E-state index >= 15 is 0 Å². The van der Waals surface area contributed by atoms with Gasteiger partial charge in [0.15, 0.2) is 0 Å². The minimum Gasteiger partial charge on any atom is -0.344 e. The predicted octanol–water partition coefficient (Wildman–Crippen LogP) is 4.42. The summed E-state index contributed by atoms with van der Waals surface area (Å²) in [5.74, 6) is 0. The lowest BCUT2D eigenvalue weighted by Crippen LogP contribution is -1.97. The number of aromatic nitrogens is 1. The van der Waals surface area contributed by atoms with Crippen molar-refractivity contribution in [3.05, 3.63) is 65.9 Å². The highest BCUT2D eigenvalue weighted by Crippen LogP contribution is 2.24. The number of para-hydroxylation sites is 2. The lowest BCUT2D eigenvalue weighted by molar-refractivity contribution is 0.769. The van der Waals surface area contributed by atoms with Crippen molar-refractivity contribution in [1.82, 2.24) is 4.57 Å². The maximum atomic E-state index is 4.38. The molecule has 1 aromatic heterocycles. The second-order valence-electron chi connectivity index (χ2n) is 5.00. The van der Waals surface area contributed by atoms with Crippen molar-refractivity contribution in [3.8, 4) is 0 Å². The van der Waals surface area contributed by atoms with Gasteiger partial charge in [0.2, 0.25) is 0 Å². The van der Waals surface area contributed by atoms with E-state index in [9.17, 15) is 0 Å². The molecule has 0 aliphatic carbocycles. The zero-order valence-electron chi connectivity index (χ0n) is 12.4. The van der Waals surface area contributed by atoms with Crippen molar-refractivity contribution in [3.63, 3.8) is 0 Å². The topological polar surface area (TPSA) is 29.3 Å². The van der Waals surface area contributed by atoms with Crippen LogP contribution in [0.15, 0.2) is 59.7 Å². The van der Waals surface area contributed by atoms with Crippen LogP contribution in [0.4, 0.5) is 5.69 Å². The molecular weight excluding hydrogens is 258 g/mol. The van der Waals surface area contributed by atoms with E-state index in [1.807, 2.05) is 36.5 Å². The fourth-order valence-electron chi connectivity index (χ4n) is 2.71. The largest absolute Gasteiger partial charge is 0.344 e. The molecule has 1 heterocycles. The summed E-state index contributed by atoms with van der Waals surface area (Å²) in [4.78, 5) is 0. The molecule has 0 saturated heterocycles. The summed E-state index contributed by atoms with van der Waals surface area (Å²) < 4.78 is 2.32. The van der Waals surface area contributed by atoms with E-state index in [1.54, 1.807) is 0 Å². The quantitative estimate of drug-likeness (QED) is 0.555. The van der Waals surface area contributed by atoms with Crippen LogP contribution in [0.25, 0.3) is 10.9 Å². The molecule has 0 aliphatic rings. The van der Waals surface area contributed by atoms with Gasteiger partial charge in [-0.3, -0.25) is 5.43 Å². The third kappa shape index (κ3) is 2.55. The van der Waals surface area contributed by atoms with Crippen molar-refractivity contribution >= 4 is 22.8 Å². The average Bonchev–Trinajstić information content (AvgIpc) is 2.80. The second kappa shape index (κ2) is 5.83. The second-order valence-corrected chi connectivity index (χ2v) is 5.00. The Balaban J connectivity index is 1.95. The van der Waals surface area contributed by atoms with Gasteiger partial charge >= 0.3 is 0 Å². The smallest absolute Gasteiger partial charge is 0.0569 e. The van der Waals surface area contributed by atoms with Gasteiger partial charge in [-0.25, -0.2) is 0 Å². The summed E-state index contributed by atoms with van der Waals surface area (Å²) in [7, 11) is 0. The van der Waals surface area contributed by atoms with Crippen LogP contribution < -0.4 is 5.43 Å². The summed E-state index contributed by atoms with van der Waals surface area (Å²) in [6.07, 6.45) is 1.91. The van der Waals surface area contributed by atoms with Crippen molar-refractivity contribution in [2.75, 3.05) is 5.43 Å². The van der Waals surface area contributed by atoms with E-state index in [4.69, 9.17) is 0 Å². The number of benzene rings is 2. The van der Waals surface area contributed by atoms with Gasteiger partial charge in [0.1, 0.15) is 0 Å². The molecule has 0 fully saturated rings. The van der Waals surface area contributed by atoms with Crippen molar-refractivity contribution in [2.24, 2.45) is 5.10 Å².